The quantitative estimate of drug-likeness (QED) is 0.561. The van der Waals surface area contributed by atoms with Gasteiger partial charge in [0.05, 0.1) is 5.69 Å². The van der Waals surface area contributed by atoms with Crippen molar-refractivity contribution in [3.8, 4) is 0 Å². The SMILES string of the molecule is Cc1cc(Br)cc(NN)c1F. The van der Waals surface area contributed by atoms with Crippen LogP contribution in [0.1, 0.15) is 5.56 Å². The van der Waals surface area contributed by atoms with Crippen molar-refractivity contribution in [2.75, 3.05) is 5.43 Å². The van der Waals surface area contributed by atoms with Gasteiger partial charge >= 0.3 is 0 Å². The van der Waals surface area contributed by atoms with Crippen LogP contribution in [0.3, 0.4) is 0 Å². The first-order valence-corrected chi connectivity index (χ1v) is 3.86. The zero-order valence-corrected chi connectivity index (χ0v) is 7.57. The number of hydrogen-bond donors (Lipinski definition) is 2. The van der Waals surface area contributed by atoms with Crippen LogP contribution in [0.5, 0.6) is 0 Å². The monoisotopic (exact) mass is 218 g/mol. The van der Waals surface area contributed by atoms with Crippen LogP contribution in [0.15, 0.2) is 16.6 Å². The van der Waals surface area contributed by atoms with Crippen LogP contribution >= 0.6 is 15.9 Å². The lowest BCUT2D eigenvalue weighted by Crippen LogP contribution is -2.09. The second kappa shape index (κ2) is 3.19. The van der Waals surface area contributed by atoms with E-state index in [0.717, 1.165) is 4.47 Å². The highest BCUT2D eigenvalue weighted by molar-refractivity contribution is 9.10. The zero-order valence-electron chi connectivity index (χ0n) is 5.99. The molecule has 1 aromatic rings. The number of benzene rings is 1. The van der Waals surface area contributed by atoms with Gasteiger partial charge in [0, 0.05) is 4.47 Å². The number of hydrogen-bond acceptors (Lipinski definition) is 2. The minimum absolute atomic E-state index is 0.303. The maximum absolute atomic E-state index is 13.0. The van der Waals surface area contributed by atoms with E-state index in [2.05, 4.69) is 21.4 Å². The predicted octanol–water partition coefficient (Wildman–Crippen LogP) is 2.18. The molecular formula is C7H8BrFN2. The molecule has 0 aliphatic carbocycles. The number of nitrogen functional groups attached to an aromatic ring is 1. The smallest absolute Gasteiger partial charge is 0.150 e. The highest BCUT2D eigenvalue weighted by Gasteiger charge is 2.04. The van der Waals surface area contributed by atoms with E-state index in [1.165, 1.54) is 0 Å². The summed E-state index contributed by atoms with van der Waals surface area (Å²) in [5.74, 6) is 4.77. The lowest BCUT2D eigenvalue weighted by molar-refractivity contribution is 0.621. The number of anilines is 1. The summed E-state index contributed by atoms with van der Waals surface area (Å²) in [5, 5.41) is 0. The van der Waals surface area contributed by atoms with Gasteiger partial charge < -0.3 is 5.43 Å². The van der Waals surface area contributed by atoms with Crippen molar-refractivity contribution >= 4 is 21.6 Å². The average molecular weight is 219 g/mol. The highest BCUT2D eigenvalue weighted by atomic mass is 79.9. The van der Waals surface area contributed by atoms with Crippen LogP contribution in [-0.2, 0) is 0 Å². The van der Waals surface area contributed by atoms with Crippen LogP contribution in [0.4, 0.5) is 10.1 Å². The van der Waals surface area contributed by atoms with Gasteiger partial charge in [0.25, 0.3) is 0 Å². The molecule has 0 aliphatic rings. The topological polar surface area (TPSA) is 38.0 Å². The van der Waals surface area contributed by atoms with Gasteiger partial charge in [-0.05, 0) is 24.6 Å². The predicted molar refractivity (Wildman–Crippen MR) is 46.6 cm³/mol. The number of rotatable bonds is 1. The molecule has 0 bridgehead atoms. The minimum Gasteiger partial charge on any atom is -0.321 e. The molecule has 3 N–H and O–H groups in total. The summed E-state index contributed by atoms with van der Waals surface area (Å²) in [6.45, 7) is 1.68. The molecule has 0 heterocycles. The maximum Gasteiger partial charge on any atom is 0.150 e. The Bertz CT molecular complexity index is 275. The van der Waals surface area contributed by atoms with Gasteiger partial charge in [0.2, 0.25) is 0 Å². The van der Waals surface area contributed by atoms with Crippen LogP contribution in [0, 0.1) is 12.7 Å². The van der Waals surface area contributed by atoms with Gasteiger partial charge in [0.1, 0.15) is 0 Å². The summed E-state index contributed by atoms with van der Waals surface area (Å²) in [7, 11) is 0. The van der Waals surface area contributed by atoms with Crippen LogP contribution in [0.2, 0.25) is 0 Å². The zero-order chi connectivity index (χ0) is 8.43. The van der Waals surface area contributed by atoms with E-state index >= 15 is 0 Å². The summed E-state index contributed by atoms with van der Waals surface area (Å²) >= 11 is 3.23. The Morgan fingerprint density at radius 1 is 1.55 bits per heavy atom. The molecule has 0 spiro atoms. The van der Waals surface area contributed by atoms with E-state index in [4.69, 9.17) is 5.84 Å². The molecule has 0 saturated heterocycles. The second-order valence-electron chi connectivity index (χ2n) is 2.23. The van der Waals surface area contributed by atoms with Crippen molar-refractivity contribution in [2.45, 2.75) is 6.92 Å². The minimum atomic E-state index is -0.310. The largest absolute Gasteiger partial charge is 0.321 e. The van der Waals surface area contributed by atoms with E-state index in [1.54, 1.807) is 19.1 Å². The Kier molecular flexibility index (Phi) is 2.46. The molecule has 4 heteroatoms. The number of nitrogens with one attached hydrogen (secondary N) is 1. The van der Waals surface area contributed by atoms with Crippen molar-refractivity contribution in [3.63, 3.8) is 0 Å². The van der Waals surface area contributed by atoms with Crippen LogP contribution in [0.25, 0.3) is 0 Å². The molecule has 2 nitrogen and oxygen atoms in total. The Hall–Kier alpha value is -0.610. The maximum atomic E-state index is 13.0. The molecule has 11 heavy (non-hydrogen) atoms. The van der Waals surface area contributed by atoms with Crippen LogP contribution < -0.4 is 11.3 Å². The average Bonchev–Trinajstić information content (AvgIpc) is 1.96. The van der Waals surface area contributed by atoms with Gasteiger partial charge in [-0.1, -0.05) is 15.9 Å². The molecule has 0 saturated carbocycles. The third-order valence-electron chi connectivity index (χ3n) is 1.37. The summed E-state index contributed by atoms with van der Waals surface area (Å²) in [4.78, 5) is 0. The third-order valence-corrected chi connectivity index (χ3v) is 1.83. The van der Waals surface area contributed by atoms with Crippen molar-refractivity contribution in [2.24, 2.45) is 5.84 Å². The normalized spacial score (nSPS) is 9.82. The standard InChI is InChI=1S/C7H8BrFN2/c1-4-2-5(8)3-6(11-10)7(4)9/h2-3,11H,10H2,1H3. The summed E-state index contributed by atoms with van der Waals surface area (Å²) in [5.41, 5.74) is 3.14. The molecule has 0 unspecified atom stereocenters. The van der Waals surface area contributed by atoms with E-state index in [0.29, 0.717) is 11.3 Å². The van der Waals surface area contributed by atoms with Crippen molar-refractivity contribution < 1.29 is 4.39 Å². The summed E-state index contributed by atoms with van der Waals surface area (Å²) in [6, 6.07) is 3.28. The number of nitrogens with two attached hydrogens (primary N) is 1. The second-order valence-corrected chi connectivity index (χ2v) is 3.14. The first kappa shape index (κ1) is 8.49. The lowest BCUT2D eigenvalue weighted by Gasteiger charge is -2.04. The van der Waals surface area contributed by atoms with E-state index in [-0.39, 0.29) is 5.82 Å². The molecule has 0 atom stereocenters. The summed E-state index contributed by atoms with van der Waals surface area (Å²) in [6.07, 6.45) is 0. The Morgan fingerprint density at radius 3 is 2.73 bits per heavy atom. The summed E-state index contributed by atoms with van der Waals surface area (Å²) < 4.78 is 13.8. The van der Waals surface area contributed by atoms with Crippen molar-refractivity contribution in [1.82, 2.24) is 0 Å². The number of halogens is 2. The molecule has 60 valence electrons. The van der Waals surface area contributed by atoms with Gasteiger partial charge in [-0.2, -0.15) is 0 Å². The first-order valence-electron chi connectivity index (χ1n) is 3.07. The molecule has 0 aliphatic heterocycles. The fourth-order valence-electron chi connectivity index (χ4n) is 0.831. The van der Waals surface area contributed by atoms with Crippen LogP contribution in [-0.4, -0.2) is 0 Å². The molecule has 0 fully saturated rings. The molecule has 0 aromatic heterocycles. The van der Waals surface area contributed by atoms with Crippen molar-refractivity contribution in [1.29, 1.82) is 0 Å². The van der Waals surface area contributed by atoms with E-state index in [1.807, 2.05) is 0 Å². The molecule has 1 aromatic carbocycles. The van der Waals surface area contributed by atoms with Gasteiger partial charge in [-0.25, -0.2) is 4.39 Å². The van der Waals surface area contributed by atoms with Gasteiger partial charge in [0.15, 0.2) is 5.82 Å². The number of aryl methyl sites for hydroxylation is 1. The van der Waals surface area contributed by atoms with Crippen molar-refractivity contribution in [3.05, 3.63) is 28.0 Å². The van der Waals surface area contributed by atoms with Gasteiger partial charge in [-0.15, -0.1) is 0 Å². The Morgan fingerprint density at radius 2 is 2.18 bits per heavy atom. The molecular weight excluding hydrogens is 211 g/mol. The van der Waals surface area contributed by atoms with Gasteiger partial charge in [-0.3, -0.25) is 5.84 Å². The van der Waals surface area contributed by atoms with E-state index in [9.17, 15) is 4.39 Å². The fraction of sp³-hybridized carbons (Fsp3) is 0.143. The molecule has 0 amide bonds. The lowest BCUT2D eigenvalue weighted by atomic mass is 10.2. The first-order chi connectivity index (χ1) is 5.15. The third kappa shape index (κ3) is 1.70. The fourth-order valence-corrected chi connectivity index (χ4v) is 1.40. The molecule has 0 radical (unpaired) electrons. The highest BCUT2D eigenvalue weighted by Crippen LogP contribution is 2.22. The Balaban J connectivity index is 3.24. The molecule has 1 rings (SSSR count). The number of hydrazine groups is 1. The van der Waals surface area contributed by atoms with E-state index < -0.39 is 0 Å². The Labute approximate surface area is 72.7 Å².